The lowest BCUT2D eigenvalue weighted by Crippen LogP contribution is -2.16. The second-order valence-electron chi connectivity index (χ2n) is 4.35. The molecule has 0 atom stereocenters. The predicted octanol–water partition coefficient (Wildman–Crippen LogP) is 2.25. The number of rotatable bonds is 4. The molecule has 2 aromatic rings. The second kappa shape index (κ2) is 5.90. The molecule has 2 rings (SSSR count). The minimum Gasteiger partial charge on any atom is -0.326 e. The average molecular weight is 299 g/mol. The van der Waals surface area contributed by atoms with Crippen molar-refractivity contribution in [3.05, 3.63) is 30.1 Å². The van der Waals surface area contributed by atoms with E-state index in [9.17, 15) is 18.0 Å². The van der Waals surface area contributed by atoms with Crippen LogP contribution in [0.3, 0.4) is 0 Å². The van der Waals surface area contributed by atoms with E-state index in [-0.39, 0.29) is 0 Å². The van der Waals surface area contributed by atoms with Crippen LogP contribution < -0.4 is 5.32 Å². The van der Waals surface area contributed by atoms with Crippen LogP contribution in [0.2, 0.25) is 0 Å². The smallest absolute Gasteiger partial charge is 0.326 e. The van der Waals surface area contributed by atoms with Crippen molar-refractivity contribution < 1.29 is 18.0 Å². The Balaban J connectivity index is 2.05. The zero-order valence-electron chi connectivity index (χ0n) is 11.1. The zero-order valence-corrected chi connectivity index (χ0v) is 11.1. The van der Waals surface area contributed by atoms with Crippen LogP contribution >= 0.6 is 0 Å². The molecule has 1 N–H and O–H groups in total. The molecule has 0 saturated heterocycles. The number of aryl methyl sites for hydroxylation is 1. The molecule has 0 unspecified atom stereocenters. The van der Waals surface area contributed by atoms with Gasteiger partial charge in [0.15, 0.2) is 5.82 Å². The summed E-state index contributed by atoms with van der Waals surface area (Å²) >= 11 is 0. The van der Waals surface area contributed by atoms with Crippen LogP contribution in [0.25, 0.3) is 5.69 Å². The van der Waals surface area contributed by atoms with Crippen molar-refractivity contribution in [3.8, 4) is 5.69 Å². The second-order valence-corrected chi connectivity index (χ2v) is 4.35. The van der Waals surface area contributed by atoms with Crippen molar-refractivity contribution in [2.45, 2.75) is 25.9 Å². The number of tetrazole rings is 1. The van der Waals surface area contributed by atoms with E-state index in [1.54, 1.807) is 31.2 Å². The summed E-state index contributed by atoms with van der Waals surface area (Å²) in [5, 5.41) is 13.4. The highest BCUT2D eigenvalue weighted by Gasteiger charge is 2.27. The van der Waals surface area contributed by atoms with Crippen LogP contribution in [0.4, 0.5) is 18.9 Å². The number of benzene rings is 1. The van der Waals surface area contributed by atoms with Crippen LogP contribution in [0.5, 0.6) is 0 Å². The Hall–Kier alpha value is -2.45. The molecule has 0 radical (unpaired) electrons. The fraction of sp³-hybridized carbons (Fsp3) is 0.333. The Labute approximate surface area is 118 Å². The van der Waals surface area contributed by atoms with Gasteiger partial charge in [0, 0.05) is 12.1 Å². The number of aromatic nitrogens is 4. The van der Waals surface area contributed by atoms with E-state index in [0.29, 0.717) is 17.2 Å². The maximum Gasteiger partial charge on any atom is 0.389 e. The van der Waals surface area contributed by atoms with Crippen molar-refractivity contribution in [2.75, 3.05) is 5.32 Å². The van der Waals surface area contributed by atoms with Crippen molar-refractivity contribution >= 4 is 11.6 Å². The van der Waals surface area contributed by atoms with Gasteiger partial charge in [-0.05, 0) is 35.5 Å². The van der Waals surface area contributed by atoms with Gasteiger partial charge in [-0.25, -0.2) is 0 Å². The third-order valence-corrected chi connectivity index (χ3v) is 2.64. The van der Waals surface area contributed by atoms with Crippen LogP contribution in [0.1, 0.15) is 18.7 Å². The van der Waals surface area contributed by atoms with Gasteiger partial charge < -0.3 is 5.32 Å². The molecule has 0 saturated carbocycles. The minimum absolute atomic E-state index is 0.384. The van der Waals surface area contributed by atoms with Gasteiger partial charge in [0.2, 0.25) is 5.91 Å². The first-order valence-corrected chi connectivity index (χ1v) is 6.07. The number of halogens is 3. The highest BCUT2D eigenvalue weighted by molar-refractivity contribution is 5.90. The van der Waals surface area contributed by atoms with Gasteiger partial charge in [-0.3, -0.25) is 4.79 Å². The number of nitrogens with one attached hydrogen (secondary N) is 1. The quantitative estimate of drug-likeness (QED) is 0.939. The first-order chi connectivity index (χ1) is 9.85. The molecule has 1 amide bonds. The molecule has 0 aliphatic rings. The molecule has 1 heterocycles. The minimum atomic E-state index is -4.34. The number of carbonyl (C=O) groups excluding carboxylic acids is 1. The lowest BCUT2D eigenvalue weighted by Gasteiger charge is -2.09. The van der Waals surface area contributed by atoms with Gasteiger partial charge in [0.05, 0.1) is 12.1 Å². The SMILES string of the molecule is Cc1nnnn1-c1cccc(NC(=O)CCC(F)(F)F)c1. The number of nitrogens with zero attached hydrogens (tertiary/aromatic N) is 4. The van der Waals surface area contributed by atoms with Gasteiger partial charge in [-0.15, -0.1) is 5.10 Å². The summed E-state index contributed by atoms with van der Waals surface area (Å²) in [5.74, 6) is -0.145. The Morgan fingerprint density at radius 2 is 2.14 bits per heavy atom. The molecule has 0 aliphatic heterocycles. The molecule has 0 spiro atoms. The third kappa shape index (κ3) is 4.26. The first-order valence-electron chi connectivity index (χ1n) is 6.07. The lowest BCUT2D eigenvalue weighted by atomic mass is 10.2. The van der Waals surface area contributed by atoms with Crippen molar-refractivity contribution in [3.63, 3.8) is 0 Å². The van der Waals surface area contributed by atoms with Gasteiger partial charge >= 0.3 is 6.18 Å². The summed E-state index contributed by atoms with van der Waals surface area (Å²) in [5.41, 5.74) is 0.987. The molecule has 9 heteroatoms. The molecule has 1 aromatic carbocycles. The van der Waals surface area contributed by atoms with Crippen molar-refractivity contribution in [1.82, 2.24) is 20.2 Å². The van der Waals surface area contributed by atoms with E-state index in [4.69, 9.17) is 0 Å². The highest BCUT2D eigenvalue weighted by Crippen LogP contribution is 2.22. The Bertz CT molecular complexity index is 638. The predicted molar refractivity (Wildman–Crippen MR) is 67.8 cm³/mol. The Morgan fingerprint density at radius 1 is 1.38 bits per heavy atom. The van der Waals surface area contributed by atoms with E-state index >= 15 is 0 Å². The van der Waals surface area contributed by atoms with E-state index < -0.39 is 24.9 Å². The summed E-state index contributed by atoms with van der Waals surface area (Å²) in [4.78, 5) is 11.5. The fourth-order valence-electron chi connectivity index (χ4n) is 1.66. The molecule has 0 aliphatic carbocycles. The van der Waals surface area contributed by atoms with E-state index in [1.165, 1.54) is 4.68 Å². The van der Waals surface area contributed by atoms with Gasteiger partial charge in [-0.2, -0.15) is 17.9 Å². The normalized spacial score (nSPS) is 11.4. The van der Waals surface area contributed by atoms with Crippen LogP contribution in [0.15, 0.2) is 24.3 Å². The van der Waals surface area contributed by atoms with Crippen molar-refractivity contribution in [2.24, 2.45) is 0 Å². The zero-order chi connectivity index (χ0) is 15.5. The fourth-order valence-corrected chi connectivity index (χ4v) is 1.66. The monoisotopic (exact) mass is 299 g/mol. The molecule has 6 nitrogen and oxygen atoms in total. The van der Waals surface area contributed by atoms with Crippen LogP contribution in [0, 0.1) is 6.92 Å². The molecule has 112 valence electrons. The van der Waals surface area contributed by atoms with E-state index in [1.807, 2.05) is 0 Å². The molecular formula is C12H12F3N5O. The topological polar surface area (TPSA) is 72.7 Å². The first kappa shape index (κ1) is 14.9. The van der Waals surface area contributed by atoms with Crippen LogP contribution in [-0.4, -0.2) is 32.3 Å². The summed E-state index contributed by atoms with van der Waals surface area (Å²) in [6.45, 7) is 1.70. The summed E-state index contributed by atoms with van der Waals surface area (Å²) in [7, 11) is 0. The number of hydrogen-bond donors (Lipinski definition) is 1. The molecular weight excluding hydrogens is 287 g/mol. The molecule has 21 heavy (non-hydrogen) atoms. The van der Waals surface area contributed by atoms with E-state index in [2.05, 4.69) is 20.8 Å². The van der Waals surface area contributed by atoms with Gasteiger partial charge in [0.25, 0.3) is 0 Å². The largest absolute Gasteiger partial charge is 0.389 e. The maximum absolute atomic E-state index is 12.0. The molecule has 0 fully saturated rings. The number of amides is 1. The summed E-state index contributed by atoms with van der Waals surface area (Å²) in [6, 6.07) is 6.52. The Kier molecular flexibility index (Phi) is 4.20. The number of alkyl halides is 3. The number of anilines is 1. The molecule has 1 aromatic heterocycles. The standard InChI is InChI=1S/C12H12F3N5O/c1-8-17-18-19-20(8)10-4-2-3-9(7-10)16-11(21)5-6-12(13,14)15/h2-4,7H,5-6H2,1H3,(H,16,21). The molecule has 0 bridgehead atoms. The Morgan fingerprint density at radius 3 is 2.76 bits per heavy atom. The van der Waals surface area contributed by atoms with Crippen molar-refractivity contribution in [1.29, 1.82) is 0 Å². The van der Waals surface area contributed by atoms with E-state index in [0.717, 1.165) is 0 Å². The van der Waals surface area contributed by atoms with Gasteiger partial charge in [0.1, 0.15) is 0 Å². The summed E-state index contributed by atoms with van der Waals surface area (Å²) < 4.78 is 37.6. The average Bonchev–Trinajstić information content (AvgIpc) is 2.82. The summed E-state index contributed by atoms with van der Waals surface area (Å²) in [6.07, 6.45) is -6.11. The number of hydrogen-bond acceptors (Lipinski definition) is 4. The van der Waals surface area contributed by atoms with Gasteiger partial charge in [-0.1, -0.05) is 6.07 Å². The number of carbonyl (C=O) groups is 1. The maximum atomic E-state index is 12.0. The highest BCUT2D eigenvalue weighted by atomic mass is 19.4. The third-order valence-electron chi connectivity index (χ3n) is 2.64. The van der Waals surface area contributed by atoms with Crippen LogP contribution in [-0.2, 0) is 4.79 Å². The lowest BCUT2D eigenvalue weighted by molar-refractivity contribution is -0.142.